The van der Waals surface area contributed by atoms with Gasteiger partial charge in [-0.2, -0.15) is 4.31 Å². The van der Waals surface area contributed by atoms with E-state index >= 15 is 0 Å². The number of carbonyl (C=O) groups excluding carboxylic acids is 2. The van der Waals surface area contributed by atoms with E-state index in [0.29, 0.717) is 61.8 Å². The standard InChI is InChI=1S/C25H29N3O6S/c29-24(26-20-7-8-22-23(16-20)34-17-33-22)18-9-13-27(14-10-18)25(30)19-5-4-6-21(15-19)35(31,32)28-11-2-1-3-12-28/h4-8,15-16,18H,1-3,9-14,17H2,(H,26,29). The Morgan fingerprint density at radius 2 is 1.63 bits per heavy atom. The zero-order chi connectivity index (χ0) is 24.4. The third kappa shape index (κ3) is 4.99. The van der Waals surface area contributed by atoms with E-state index in [1.807, 2.05) is 0 Å². The Morgan fingerprint density at radius 3 is 2.40 bits per heavy atom. The Balaban J connectivity index is 1.19. The first-order valence-corrected chi connectivity index (χ1v) is 13.5. The minimum atomic E-state index is -3.61. The Bertz CT molecular complexity index is 1220. The number of likely N-dealkylation sites (tertiary alicyclic amines) is 1. The summed E-state index contributed by atoms with van der Waals surface area (Å²) in [5, 5.41) is 2.92. The van der Waals surface area contributed by atoms with Crippen LogP contribution in [0.5, 0.6) is 11.5 Å². The van der Waals surface area contributed by atoms with E-state index in [0.717, 1.165) is 19.3 Å². The van der Waals surface area contributed by atoms with Crippen LogP contribution in [0.25, 0.3) is 0 Å². The van der Waals surface area contributed by atoms with E-state index < -0.39 is 10.0 Å². The van der Waals surface area contributed by atoms with Crippen LogP contribution < -0.4 is 14.8 Å². The fourth-order valence-electron chi connectivity index (χ4n) is 4.79. The van der Waals surface area contributed by atoms with Crippen LogP contribution >= 0.6 is 0 Å². The van der Waals surface area contributed by atoms with Crippen molar-refractivity contribution in [3.8, 4) is 11.5 Å². The van der Waals surface area contributed by atoms with Crippen LogP contribution in [0.3, 0.4) is 0 Å². The molecular formula is C25H29N3O6S. The van der Waals surface area contributed by atoms with E-state index in [4.69, 9.17) is 9.47 Å². The molecule has 3 aliphatic rings. The lowest BCUT2D eigenvalue weighted by molar-refractivity contribution is -0.121. The summed E-state index contributed by atoms with van der Waals surface area (Å²) in [6.07, 6.45) is 3.82. The van der Waals surface area contributed by atoms with Crippen LogP contribution in [0.4, 0.5) is 5.69 Å². The first kappa shape index (κ1) is 23.6. The first-order valence-electron chi connectivity index (χ1n) is 12.0. The van der Waals surface area contributed by atoms with Crippen LogP contribution in [0.2, 0.25) is 0 Å². The Labute approximate surface area is 205 Å². The number of amides is 2. The fourth-order valence-corrected chi connectivity index (χ4v) is 6.35. The van der Waals surface area contributed by atoms with E-state index in [2.05, 4.69) is 5.32 Å². The van der Waals surface area contributed by atoms with Gasteiger partial charge in [0.2, 0.25) is 22.7 Å². The number of anilines is 1. The molecule has 2 aromatic carbocycles. The Hall–Kier alpha value is -3.11. The van der Waals surface area contributed by atoms with Gasteiger partial charge < -0.3 is 19.7 Å². The van der Waals surface area contributed by atoms with Crippen LogP contribution in [0.1, 0.15) is 42.5 Å². The lowest BCUT2D eigenvalue weighted by Gasteiger charge is -2.31. The van der Waals surface area contributed by atoms with Gasteiger partial charge in [0, 0.05) is 49.4 Å². The smallest absolute Gasteiger partial charge is 0.253 e. The number of hydrogen-bond donors (Lipinski definition) is 1. The second-order valence-electron chi connectivity index (χ2n) is 9.12. The minimum absolute atomic E-state index is 0.0920. The van der Waals surface area contributed by atoms with Gasteiger partial charge in [0.15, 0.2) is 11.5 Å². The summed E-state index contributed by atoms with van der Waals surface area (Å²) < 4.78 is 38.2. The lowest BCUT2D eigenvalue weighted by atomic mass is 9.95. The zero-order valence-electron chi connectivity index (χ0n) is 19.4. The minimum Gasteiger partial charge on any atom is -0.454 e. The maximum Gasteiger partial charge on any atom is 0.253 e. The summed E-state index contributed by atoms with van der Waals surface area (Å²) in [7, 11) is -3.61. The summed E-state index contributed by atoms with van der Waals surface area (Å²) in [5.74, 6) is 0.742. The molecule has 2 amide bonds. The van der Waals surface area contributed by atoms with E-state index in [1.165, 1.54) is 10.4 Å². The van der Waals surface area contributed by atoms with Gasteiger partial charge in [-0.05, 0) is 56.0 Å². The molecule has 0 aliphatic carbocycles. The van der Waals surface area contributed by atoms with Crippen LogP contribution in [-0.4, -0.2) is 62.4 Å². The number of benzene rings is 2. The second kappa shape index (κ2) is 9.87. The molecule has 3 aliphatic heterocycles. The molecule has 0 bridgehead atoms. The second-order valence-corrected chi connectivity index (χ2v) is 11.1. The first-order chi connectivity index (χ1) is 16.9. The highest BCUT2D eigenvalue weighted by atomic mass is 32.2. The van der Waals surface area contributed by atoms with Crippen molar-refractivity contribution in [2.45, 2.75) is 37.0 Å². The number of nitrogens with one attached hydrogen (secondary N) is 1. The van der Waals surface area contributed by atoms with Gasteiger partial charge in [0.25, 0.3) is 5.91 Å². The number of piperidine rings is 2. The number of rotatable bonds is 5. The summed E-state index contributed by atoms with van der Waals surface area (Å²) in [4.78, 5) is 27.7. The average molecular weight is 500 g/mol. The molecule has 2 fully saturated rings. The number of fused-ring (bicyclic) bond motifs is 1. The maximum absolute atomic E-state index is 13.1. The molecule has 2 saturated heterocycles. The van der Waals surface area contributed by atoms with E-state index in [1.54, 1.807) is 41.3 Å². The Morgan fingerprint density at radius 1 is 0.886 bits per heavy atom. The number of ether oxygens (including phenoxy) is 2. The highest BCUT2D eigenvalue weighted by Crippen LogP contribution is 2.34. The van der Waals surface area contributed by atoms with Gasteiger partial charge in [-0.15, -0.1) is 0 Å². The molecule has 9 nitrogen and oxygen atoms in total. The van der Waals surface area contributed by atoms with Gasteiger partial charge >= 0.3 is 0 Å². The van der Waals surface area contributed by atoms with Crippen molar-refractivity contribution < 1.29 is 27.5 Å². The molecule has 3 heterocycles. The van der Waals surface area contributed by atoms with Crippen LogP contribution in [0, 0.1) is 5.92 Å². The monoisotopic (exact) mass is 499 g/mol. The third-order valence-corrected chi connectivity index (χ3v) is 8.72. The largest absolute Gasteiger partial charge is 0.454 e. The van der Waals surface area contributed by atoms with Crippen molar-refractivity contribution in [2.24, 2.45) is 5.92 Å². The molecule has 186 valence electrons. The van der Waals surface area contributed by atoms with Gasteiger partial charge in [-0.1, -0.05) is 12.5 Å². The third-order valence-electron chi connectivity index (χ3n) is 6.83. The van der Waals surface area contributed by atoms with E-state index in [-0.39, 0.29) is 29.4 Å². The molecule has 0 saturated carbocycles. The lowest BCUT2D eigenvalue weighted by Crippen LogP contribution is -2.41. The fraction of sp³-hybridized carbons (Fsp3) is 0.440. The molecule has 0 aromatic heterocycles. The van der Waals surface area contributed by atoms with Gasteiger partial charge in [0.05, 0.1) is 4.90 Å². The van der Waals surface area contributed by atoms with Crippen LogP contribution in [-0.2, 0) is 14.8 Å². The average Bonchev–Trinajstić information content (AvgIpc) is 3.37. The molecule has 1 N–H and O–H groups in total. The number of hydrogen-bond acceptors (Lipinski definition) is 6. The summed E-state index contributed by atoms with van der Waals surface area (Å²) in [5.41, 5.74) is 0.996. The topological polar surface area (TPSA) is 105 Å². The van der Waals surface area contributed by atoms with Crippen molar-refractivity contribution >= 4 is 27.5 Å². The molecule has 0 atom stereocenters. The number of carbonyl (C=O) groups is 2. The number of sulfonamides is 1. The number of nitrogens with zero attached hydrogens (tertiary/aromatic N) is 2. The van der Waals surface area contributed by atoms with Crippen LogP contribution in [0.15, 0.2) is 47.4 Å². The quantitative estimate of drug-likeness (QED) is 0.678. The SMILES string of the molecule is O=C(Nc1ccc2c(c1)OCO2)C1CCN(C(=O)c2cccc(S(=O)(=O)N3CCCCC3)c2)CC1. The van der Waals surface area contributed by atoms with Gasteiger partial charge in [-0.25, -0.2) is 8.42 Å². The highest BCUT2D eigenvalue weighted by molar-refractivity contribution is 7.89. The molecule has 5 rings (SSSR count). The molecule has 0 unspecified atom stereocenters. The van der Waals surface area contributed by atoms with Crippen molar-refractivity contribution in [2.75, 3.05) is 38.3 Å². The zero-order valence-corrected chi connectivity index (χ0v) is 20.3. The highest BCUT2D eigenvalue weighted by Gasteiger charge is 2.30. The maximum atomic E-state index is 13.1. The molecule has 2 aromatic rings. The predicted octanol–water partition coefficient (Wildman–Crippen LogP) is 3.08. The molecular weight excluding hydrogens is 470 g/mol. The van der Waals surface area contributed by atoms with Crippen molar-refractivity contribution in [1.29, 1.82) is 0 Å². The van der Waals surface area contributed by atoms with Gasteiger partial charge in [0.1, 0.15) is 0 Å². The van der Waals surface area contributed by atoms with E-state index in [9.17, 15) is 18.0 Å². The summed E-state index contributed by atoms with van der Waals surface area (Å²) in [6.45, 7) is 2.07. The molecule has 35 heavy (non-hydrogen) atoms. The van der Waals surface area contributed by atoms with Gasteiger partial charge in [-0.3, -0.25) is 9.59 Å². The molecule has 0 spiro atoms. The molecule has 0 radical (unpaired) electrons. The predicted molar refractivity (Wildman–Crippen MR) is 129 cm³/mol. The molecule has 10 heteroatoms. The summed E-state index contributed by atoms with van der Waals surface area (Å²) >= 11 is 0. The van der Waals surface area contributed by atoms with Crippen molar-refractivity contribution in [3.63, 3.8) is 0 Å². The van der Waals surface area contributed by atoms with Crippen molar-refractivity contribution in [1.82, 2.24) is 9.21 Å². The summed E-state index contributed by atoms with van der Waals surface area (Å²) in [6, 6.07) is 11.6. The normalized spacial score (nSPS) is 18.9. The Kier molecular flexibility index (Phi) is 6.66. The van der Waals surface area contributed by atoms with Crippen molar-refractivity contribution in [3.05, 3.63) is 48.0 Å².